The van der Waals surface area contributed by atoms with Crippen LogP contribution in [0.25, 0.3) is 32.3 Å². The highest BCUT2D eigenvalue weighted by Crippen LogP contribution is 2.43. The number of thiol groups is 1. The van der Waals surface area contributed by atoms with Crippen LogP contribution in [0.5, 0.6) is 5.75 Å². The number of hydrogen-bond donors (Lipinski definition) is 2. The molecule has 0 saturated heterocycles. The number of allylic oxidation sites excluding steroid dienone is 2. The van der Waals surface area contributed by atoms with E-state index < -0.39 is 10.9 Å². The molecule has 1 N–H and O–H groups in total. The van der Waals surface area contributed by atoms with E-state index in [2.05, 4.69) is 55.0 Å². The first-order chi connectivity index (χ1) is 14.1. The average molecular weight is 401 g/mol. The minimum Gasteiger partial charge on any atom is -0.507 e. The predicted molar refractivity (Wildman–Crippen MR) is 127 cm³/mol. The van der Waals surface area contributed by atoms with Gasteiger partial charge in [-0.25, -0.2) is 10.9 Å². The molecule has 0 spiro atoms. The van der Waals surface area contributed by atoms with E-state index in [1.807, 2.05) is 18.2 Å². The highest BCUT2D eigenvalue weighted by Gasteiger charge is 2.20. The lowest BCUT2D eigenvalue weighted by Gasteiger charge is -2.17. The minimum atomic E-state index is -0.551. The quantitative estimate of drug-likeness (QED) is 0.215. The number of Topliss-reactive ketones (excluding diaryl/α,β-unsaturated/α-hetero) is 1. The van der Waals surface area contributed by atoms with Gasteiger partial charge in [0.1, 0.15) is 5.75 Å². The number of hydrogen-bond acceptors (Lipinski definition) is 2. The zero-order chi connectivity index (χ0) is 20.1. The Morgan fingerprint density at radius 2 is 1.72 bits per heavy atom. The zero-order valence-electron chi connectivity index (χ0n) is 16.7. The van der Waals surface area contributed by atoms with Gasteiger partial charge in [0.25, 0.3) is 0 Å². The van der Waals surface area contributed by atoms with Crippen molar-refractivity contribution in [3.05, 3.63) is 76.1 Å². The Hall–Kier alpha value is -2.78. The molecule has 0 aliphatic carbocycles. The maximum absolute atomic E-state index is 13.3. The second-order valence-electron chi connectivity index (χ2n) is 7.94. The van der Waals surface area contributed by atoms with Crippen LogP contribution in [0.3, 0.4) is 0 Å². The van der Waals surface area contributed by atoms with Gasteiger partial charge in [-0.1, -0.05) is 49.8 Å². The number of benzene rings is 4. The molecule has 1 unspecified atom stereocenters. The number of phenols is 1. The third kappa shape index (κ3) is 2.92. The van der Waals surface area contributed by atoms with Gasteiger partial charge < -0.3 is 5.11 Å². The molecule has 3 heteroatoms. The third-order valence-electron chi connectivity index (χ3n) is 5.94. The maximum atomic E-state index is 13.3. The summed E-state index contributed by atoms with van der Waals surface area (Å²) in [5.74, 6) is 0.812. The summed E-state index contributed by atoms with van der Waals surface area (Å²) in [5, 5.41) is 21.5. The Morgan fingerprint density at radius 1 is 1.00 bits per heavy atom. The van der Waals surface area contributed by atoms with Gasteiger partial charge in [0.2, 0.25) is 0 Å². The molecule has 0 amide bonds. The van der Waals surface area contributed by atoms with Gasteiger partial charge in [-0.2, -0.15) is 0 Å². The van der Waals surface area contributed by atoms with Crippen molar-refractivity contribution in [3.63, 3.8) is 0 Å². The predicted octanol–water partition coefficient (Wildman–Crippen LogP) is 6.99. The van der Waals surface area contributed by atoms with Gasteiger partial charge in [0, 0.05) is 22.1 Å². The van der Waals surface area contributed by atoms with E-state index >= 15 is 0 Å². The molecule has 0 aromatic heterocycles. The van der Waals surface area contributed by atoms with Crippen LogP contribution in [0.1, 0.15) is 35.7 Å². The van der Waals surface area contributed by atoms with Crippen LogP contribution in [-0.2, 0) is 0 Å². The van der Waals surface area contributed by atoms with E-state index in [1.54, 1.807) is 0 Å². The fourth-order valence-corrected chi connectivity index (χ4v) is 6.34. The van der Waals surface area contributed by atoms with Crippen LogP contribution in [0.4, 0.5) is 0 Å². The van der Waals surface area contributed by atoms with Crippen molar-refractivity contribution in [1.29, 1.82) is 0 Å². The van der Waals surface area contributed by atoms with Crippen molar-refractivity contribution in [2.24, 2.45) is 0 Å². The number of aryl methyl sites for hydroxylation is 1. The fraction of sp³-hybridized carbons (Fsp3) is 0.192. The lowest BCUT2D eigenvalue weighted by atomic mass is 9.89. The van der Waals surface area contributed by atoms with Crippen molar-refractivity contribution in [3.8, 4) is 5.75 Å². The smallest absolute Gasteiger partial charge is 0.172 e. The van der Waals surface area contributed by atoms with E-state index in [9.17, 15) is 9.90 Å². The zero-order valence-corrected chi connectivity index (χ0v) is 17.6. The second kappa shape index (κ2) is 6.93. The Balaban J connectivity index is 1.66. The topological polar surface area (TPSA) is 37.3 Å². The molecule has 0 fully saturated rings. The lowest BCUT2D eigenvalue weighted by molar-refractivity contribution is 0.102. The fourth-order valence-electron chi connectivity index (χ4n) is 4.53. The molecule has 1 aliphatic heterocycles. The molecule has 29 heavy (non-hydrogen) atoms. The van der Waals surface area contributed by atoms with Crippen LogP contribution in [0.2, 0.25) is 0 Å². The number of aromatic hydroxyl groups is 1. The first-order valence-corrected chi connectivity index (χ1v) is 11.8. The minimum absolute atomic E-state index is 0.111. The van der Waals surface area contributed by atoms with E-state index in [1.165, 1.54) is 5.57 Å². The summed E-state index contributed by atoms with van der Waals surface area (Å²) in [4.78, 5) is 13.3. The Morgan fingerprint density at radius 3 is 2.52 bits per heavy atom. The summed E-state index contributed by atoms with van der Waals surface area (Å²) < 4.78 is 0. The molecule has 4 aromatic rings. The highest BCUT2D eigenvalue weighted by atomic mass is 32.2. The molecule has 0 radical (unpaired) electrons. The van der Waals surface area contributed by atoms with Crippen molar-refractivity contribution in [2.75, 3.05) is 5.75 Å². The first kappa shape index (κ1) is 18.3. The molecular weight excluding hydrogens is 376 g/mol. The van der Waals surface area contributed by atoms with E-state index in [-0.39, 0.29) is 11.5 Å². The number of phenolic OH excluding ortho intramolecular Hbond substituents is 1. The standard InChI is InChI=1S/C26H24O2S/c1-3-4-17-11-12-29(14-17)15-23(28)20-10-9-19-8-7-18-6-5-16(2)21-13-22(27)26(20)25(19)24(18)21/h5-14,27,29H,3-4,15H2,1-2H3. The maximum Gasteiger partial charge on any atom is 0.172 e. The number of ketones is 1. The Kier molecular flexibility index (Phi) is 4.36. The number of carbonyl (C=O) groups is 1. The average Bonchev–Trinajstić information content (AvgIpc) is 3.15. The van der Waals surface area contributed by atoms with Crippen LogP contribution < -0.4 is 0 Å². The van der Waals surface area contributed by atoms with Gasteiger partial charge in [0.05, 0.1) is 0 Å². The van der Waals surface area contributed by atoms with Crippen molar-refractivity contribution < 1.29 is 9.90 Å². The Bertz CT molecular complexity index is 1330. The second-order valence-corrected chi connectivity index (χ2v) is 9.84. The van der Waals surface area contributed by atoms with Gasteiger partial charge >= 0.3 is 0 Å². The summed E-state index contributed by atoms with van der Waals surface area (Å²) in [7, 11) is -0.551. The molecule has 146 valence electrons. The van der Waals surface area contributed by atoms with E-state index in [4.69, 9.17) is 0 Å². The lowest BCUT2D eigenvalue weighted by Crippen LogP contribution is -2.05. The van der Waals surface area contributed by atoms with Crippen molar-refractivity contribution >= 4 is 49.0 Å². The molecule has 4 aromatic carbocycles. The van der Waals surface area contributed by atoms with Crippen LogP contribution in [0.15, 0.2) is 64.9 Å². The normalized spacial score (nSPS) is 17.6. The SMILES string of the molecule is CCCC1=C[SH](CC(=O)c2ccc3ccc4ccc(C)c5cc(O)c2c3c45)C=C1. The van der Waals surface area contributed by atoms with E-state index in [0.29, 0.717) is 16.7 Å². The van der Waals surface area contributed by atoms with E-state index in [0.717, 1.165) is 45.3 Å². The van der Waals surface area contributed by atoms with Gasteiger partial charge in [-0.3, -0.25) is 4.79 Å². The highest BCUT2D eigenvalue weighted by molar-refractivity contribution is 8.22. The van der Waals surface area contributed by atoms with Gasteiger partial charge in [-0.05, 0) is 69.0 Å². The summed E-state index contributed by atoms with van der Waals surface area (Å²) in [5.41, 5.74) is 3.12. The van der Waals surface area contributed by atoms with Gasteiger partial charge in [0.15, 0.2) is 5.78 Å². The molecular formula is C26H24O2S. The molecule has 1 atom stereocenters. The largest absolute Gasteiger partial charge is 0.507 e. The number of rotatable bonds is 5. The monoisotopic (exact) mass is 400 g/mol. The number of carbonyl (C=O) groups excluding carboxylic acids is 1. The summed E-state index contributed by atoms with van der Waals surface area (Å²) in [6.07, 6.45) is 4.37. The third-order valence-corrected chi connectivity index (χ3v) is 7.79. The first-order valence-electron chi connectivity index (χ1n) is 10.1. The molecule has 2 nitrogen and oxygen atoms in total. The van der Waals surface area contributed by atoms with Crippen molar-refractivity contribution in [2.45, 2.75) is 26.7 Å². The van der Waals surface area contributed by atoms with Crippen LogP contribution >= 0.6 is 10.9 Å². The molecule has 0 saturated carbocycles. The molecule has 0 bridgehead atoms. The van der Waals surface area contributed by atoms with Crippen LogP contribution in [-0.4, -0.2) is 16.6 Å². The molecule has 1 aliphatic rings. The van der Waals surface area contributed by atoms with Crippen LogP contribution in [0, 0.1) is 6.92 Å². The van der Waals surface area contributed by atoms with Gasteiger partial charge in [-0.15, -0.1) is 0 Å². The summed E-state index contributed by atoms with van der Waals surface area (Å²) in [6.45, 7) is 4.24. The summed E-state index contributed by atoms with van der Waals surface area (Å²) in [6, 6.07) is 14.1. The van der Waals surface area contributed by atoms with Crippen molar-refractivity contribution in [1.82, 2.24) is 0 Å². The summed E-state index contributed by atoms with van der Waals surface area (Å²) >= 11 is 0. The Labute approximate surface area is 173 Å². The molecule has 5 rings (SSSR count). The molecule has 1 heterocycles.